The van der Waals surface area contributed by atoms with Crippen molar-refractivity contribution in [2.24, 2.45) is 0 Å². The maximum absolute atomic E-state index is 12.7. The number of carbonyl (C=O) groups is 1. The van der Waals surface area contributed by atoms with E-state index < -0.39 is 0 Å². The molecule has 2 N–H and O–H groups in total. The highest BCUT2D eigenvalue weighted by atomic mass is 16.1. The van der Waals surface area contributed by atoms with Crippen molar-refractivity contribution in [3.63, 3.8) is 0 Å². The van der Waals surface area contributed by atoms with E-state index in [1.165, 1.54) is 0 Å². The first-order valence-electron chi connectivity index (χ1n) is 7.86. The molecule has 3 aromatic rings. The Bertz CT molecular complexity index is 884. The normalized spacial score (nSPS) is 12.2. The van der Waals surface area contributed by atoms with Crippen LogP contribution in [-0.2, 0) is 0 Å². The summed E-state index contributed by atoms with van der Waals surface area (Å²) in [6.45, 7) is 3.70. The zero-order valence-corrected chi connectivity index (χ0v) is 14.3. The van der Waals surface area contributed by atoms with E-state index in [0.717, 1.165) is 22.3 Å². The molecule has 0 aliphatic carbocycles. The van der Waals surface area contributed by atoms with Gasteiger partial charge in [0.25, 0.3) is 5.91 Å². The molecular formula is C18H21N5O. The molecule has 1 amide bonds. The minimum Gasteiger partial charge on any atom is -0.377 e. The average Bonchev–Trinajstić information content (AvgIpc) is 3.00. The summed E-state index contributed by atoms with van der Waals surface area (Å²) in [4.78, 5) is 19.1. The van der Waals surface area contributed by atoms with Crippen LogP contribution in [0, 0.1) is 6.92 Å². The van der Waals surface area contributed by atoms with Gasteiger partial charge in [-0.25, -0.2) is 4.98 Å². The van der Waals surface area contributed by atoms with Gasteiger partial charge in [-0.3, -0.25) is 9.89 Å². The van der Waals surface area contributed by atoms with Gasteiger partial charge in [-0.2, -0.15) is 5.10 Å². The van der Waals surface area contributed by atoms with Gasteiger partial charge in [-0.15, -0.1) is 0 Å². The van der Waals surface area contributed by atoms with E-state index in [4.69, 9.17) is 0 Å². The minimum absolute atomic E-state index is 0.133. The van der Waals surface area contributed by atoms with Gasteiger partial charge in [0.1, 0.15) is 5.82 Å². The second-order valence-corrected chi connectivity index (χ2v) is 6.05. The van der Waals surface area contributed by atoms with Crippen LogP contribution in [-0.4, -0.2) is 35.2 Å². The van der Waals surface area contributed by atoms with Crippen molar-refractivity contribution in [2.45, 2.75) is 19.9 Å². The Kier molecular flexibility index (Phi) is 4.20. The van der Waals surface area contributed by atoms with Crippen molar-refractivity contribution in [3.05, 3.63) is 53.6 Å². The number of fused-ring (bicyclic) bond motifs is 1. The van der Waals surface area contributed by atoms with Crippen LogP contribution >= 0.6 is 0 Å². The number of aryl methyl sites for hydroxylation is 1. The summed E-state index contributed by atoms with van der Waals surface area (Å²) >= 11 is 0. The highest BCUT2D eigenvalue weighted by Gasteiger charge is 2.17. The van der Waals surface area contributed by atoms with Gasteiger partial charge >= 0.3 is 0 Å². The number of aromatic amines is 1. The molecule has 0 saturated carbocycles. The number of hydrogen-bond donors (Lipinski definition) is 2. The Morgan fingerprint density at radius 1 is 1.17 bits per heavy atom. The van der Waals surface area contributed by atoms with E-state index in [0.29, 0.717) is 11.4 Å². The number of rotatable bonds is 4. The molecule has 3 rings (SSSR count). The van der Waals surface area contributed by atoms with Gasteiger partial charge in [-0.1, -0.05) is 24.3 Å². The van der Waals surface area contributed by atoms with E-state index in [1.807, 2.05) is 69.2 Å². The van der Waals surface area contributed by atoms with E-state index in [2.05, 4.69) is 20.5 Å². The van der Waals surface area contributed by atoms with Crippen molar-refractivity contribution in [3.8, 4) is 0 Å². The number of nitrogens with one attached hydrogen (secondary N) is 2. The molecule has 1 heterocycles. The number of hydrogen-bond acceptors (Lipinski definition) is 4. The van der Waals surface area contributed by atoms with Crippen LogP contribution in [0.1, 0.15) is 35.0 Å². The Labute approximate surface area is 140 Å². The molecule has 6 heteroatoms. The van der Waals surface area contributed by atoms with E-state index in [-0.39, 0.29) is 11.9 Å². The molecule has 1 atom stereocenters. The van der Waals surface area contributed by atoms with Crippen LogP contribution in [0.4, 0.5) is 5.69 Å². The highest BCUT2D eigenvalue weighted by molar-refractivity contribution is 6.10. The number of amides is 1. The fraction of sp³-hybridized carbons (Fsp3) is 0.278. The van der Waals surface area contributed by atoms with Gasteiger partial charge in [0.2, 0.25) is 0 Å². The number of anilines is 1. The summed E-state index contributed by atoms with van der Waals surface area (Å²) in [7, 11) is 3.99. The zero-order valence-electron chi connectivity index (χ0n) is 14.3. The summed E-state index contributed by atoms with van der Waals surface area (Å²) in [5.74, 6) is 1.17. The van der Waals surface area contributed by atoms with Crippen molar-refractivity contribution in [1.82, 2.24) is 20.5 Å². The highest BCUT2D eigenvalue weighted by Crippen LogP contribution is 2.28. The van der Waals surface area contributed by atoms with Crippen LogP contribution in [0.3, 0.4) is 0 Å². The number of benzene rings is 2. The van der Waals surface area contributed by atoms with Crippen molar-refractivity contribution in [1.29, 1.82) is 0 Å². The lowest BCUT2D eigenvalue weighted by Crippen LogP contribution is -2.27. The number of nitrogens with zero attached hydrogens (tertiary/aromatic N) is 3. The number of aromatic nitrogens is 3. The molecule has 0 aliphatic rings. The third-order valence-electron chi connectivity index (χ3n) is 3.98. The number of carbonyl (C=O) groups excluding carboxylic acids is 1. The van der Waals surface area contributed by atoms with Crippen LogP contribution < -0.4 is 10.2 Å². The van der Waals surface area contributed by atoms with Crippen molar-refractivity contribution >= 4 is 22.4 Å². The van der Waals surface area contributed by atoms with E-state index in [1.54, 1.807) is 0 Å². The molecule has 2 aromatic carbocycles. The second kappa shape index (κ2) is 6.31. The van der Waals surface area contributed by atoms with Crippen molar-refractivity contribution < 1.29 is 4.79 Å². The lowest BCUT2D eigenvalue weighted by Gasteiger charge is -2.18. The third-order valence-corrected chi connectivity index (χ3v) is 3.98. The summed E-state index contributed by atoms with van der Waals surface area (Å²) in [5.41, 5.74) is 1.73. The molecule has 124 valence electrons. The second-order valence-electron chi connectivity index (χ2n) is 6.05. The van der Waals surface area contributed by atoms with E-state index >= 15 is 0 Å². The quantitative estimate of drug-likeness (QED) is 0.774. The van der Waals surface area contributed by atoms with Crippen LogP contribution in [0.15, 0.2) is 36.4 Å². The first kappa shape index (κ1) is 16.0. The monoisotopic (exact) mass is 323 g/mol. The topological polar surface area (TPSA) is 73.9 Å². The molecule has 0 bridgehead atoms. The molecule has 6 nitrogen and oxygen atoms in total. The Morgan fingerprint density at radius 2 is 1.88 bits per heavy atom. The summed E-state index contributed by atoms with van der Waals surface area (Å²) in [5, 5.41) is 11.9. The van der Waals surface area contributed by atoms with Gasteiger partial charge in [0, 0.05) is 30.7 Å². The molecule has 0 saturated heterocycles. The lowest BCUT2D eigenvalue weighted by atomic mass is 10.0. The Balaban J connectivity index is 1.94. The molecule has 0 radical (unpaired) electrons. The first-order chi connectivity index (χ1) is 11.5. The van der Waals surface area contributed by atoms with Gasteiger partial charge in [0.05, 0.1) is 6.04 Å². The van der Waals surface area contributed by atoms with Crippen LogP contribution in [0.25, 0.3) is 10.8 Å². The molecule has 0 aliphatic heterocycles. The fourth-order valence-electron chi connectivity index (χ4n) is 2.76. The average molecular weight is 323 g/mol. The SMILES string of the molecule is Cc1nc(C(C)NC(=O)c2ccc(N(C)C)c3ccccc23)n[nH]1. The smallest absolute Gasteiger partial charge is 0.252 e. The van der Waals surface area contributed by atoms with Crippen LogP contribution in [0.5, 0.6) is 0 Å². The summed E-state index contributed by atoms with van der Waals surface area (Å²) in [6, 6.07) is 11.5. The Morgan fingerprint density at radius 3 is 2.50 bits per heavy atom. The largest absolute Gasteiger partial charge is 0.377 e. The molecule has 1 aromatic heterocycles. The van der Waals surface area contributed by atoms with Gasteiger partial charge in [-0.05, 0) is 31.4 Å². The maximum Gasteiger partial charge on any atom is 0.252 e. The van der Waals surface area contributed by atoms with Crippen LogP contribution in [0.2, 0.25) is 0 Å². The molecule has 1 unspecified atom stereocenters. The van der Waals surface area contributed by atoms with Crippen molar-refractivity contribution in [2.75, 3.05) is 19.0 Å². The predicted octanol–water partition coefficient (Wildman–Crippen LogP) is 2.82. The summed E-state index contributed by atoms with van der Waals surface area (Å²) in [6.07, 6.45) is 0. The fourth-order valence-corrected chi connectivity index (χ4v) is 2.76. The zero-order chi connectivity index (χ0) is 17.3. The maximum atomic E-state index is 12.7. The molecule has 24 heavy (non-hydrogen) atoms. The third kappa shape index (κ3) is 2.95. The minimum atomic E-state index is -0.269. The lowest BCUT2D eigenvalue weighted by molar-refractivity contribution is 0.0940. The number of H-pyrrole nitrogens is 1. The standard InChI is InChI=1S/C18H21N5O/c1-11(17-20-12(2)21-22-17)19-18(24)15-9-10-16(23(3)4)14-8-6-5-7-13(14)15/h5-11H,1-4H3,(H,19,24)(H,20,21,22). The predicted molar refractivity (Wildman–Crippen MR) is 95.3 cm³/mol. The van der Waals surface area contributed by atoms with Gasteiger partial charge in [0.15, 0.2) is 5.82 Å². The molecular weight excluding hydrogens is 302 g/mol. The molecule has 0 spiro atoms. The summed E-state index contributed by atoms with van der Waals surface area (Å²) < 4.78 is 0. The Hall–Kier alpha value is -2.89. The molecule has 0 fully saturated rings. The van der Waals surface area contributed by atoms with Gasteiger partial charge < -0.3 is 10.2 Å². The van der Waals surface area contributed by atoms with E-state index in [9.17, 15) is 4.79 Å². The first-order valence-corrected chi connectivity index (χ1v) is 7.86.